The van der Waals surface area contributed by atoms with E-state index in [1.54, 1.807) is 7.11 Å². The zero-order chi connectivity index (χ0) is 12.7. The van der Waals surface area contributed by atoms with Gasteiger partial charge in [0.1, 0.15) is 11.6 Å². The van der Waals surface area contributed by atoms with Crippen LogP contribution >= 0.6 is 0 Å². The largest absolute Gasteiger partial charge is 0.385 e. The van der Waals surface area contributed by atoms with Gasteiger partial charge in [0.25, 0.3) is 0 Å². The predicted molar refractivity (Wildman–Crippen MR) is 64.0 cm³/mol. The van der Waals surface area contributed by atoms with E-state index < -0.39 is 11.6 Å². The van der Waals surface area contributed by atoms with E-state index in [9.17, 15) is 8.78 Å². The van der Waals surface area contributed by atoms with E-state index in [1.165, 1.54) is 12.1 Å². The molecule has 0 saturated heterocycles. The van der Waals surface area contributed by atoms with Gasteiger partial charge in [-0.15, -0.1) is 0 Å². The molecule has 0 heterocycles. The third kappa shape index (κ3) is 4.79. The first-order valence-electron chi connectivity index (χ1n) is 5.77. The van der Waals surface area contributed by atoms with Crippen LogP contribution in [-0.4, -0.2) is 26.8 Å². The number of rotatable bonds is 7. The molecule has 17 heavy (non-hydrogen) atoms. The van der Waals surface area contributed by atoms with Crippen molar-refractivity contribution >= 4 is 0 Å². The highest BCUT2D eigenvalue weighted by atomic mass is 19.1. The summed E-state index contributed by atoms with van der Waals surface area (Å²) in [7, 11) is 3.51. The van der Waals surface area contributed by atoms with E-state index in [0.29, 0.717) is 18.6 Å². The average molecular weight is 243 g/mol. The number of methoxy groups -OCH3 is 1. The van der Waals surface area contributed by atoms with Gasteiger partial charge < -0.3 is 10.1 Å². The fraction of sp³-hybridized carbons (Fsp3) is 0.538. The SMILES string of the molecule is CNC(CCCOC)Cc1ccc(F)cc1F. The van der Waals surface area contributed by atoms with Gasteiger partial charge in [0, 0.05) is 25.8 Å². The van der Waals surface area contributed by atoms with Crippen molar-refractivity contribution in [1.29, 1.82) is 0 Å². The molecule has 0 aromatic heterocycles. The smallest absolute Gasteiger partial charge is 0.129 e. The molecule has 0 bridgehead atoms. The number of hydrogen-bond acceptors (Lipinski definition) is 2. The molecule has 1 rings (SSSR count). The lowest BCUT2D eigenvalue weighted by atomic mass is 10.0. The van der Waals surface area contributed by atoms with Gasteiger partial charge in [-0.25, -0.2) is 8.78 Å². The fourth-order valence-corrected chi connectivity index (χ4v) is 1.78. The minimum absolute atomic E-state index is 0.185. The molecule has 4 heteroatoms. The third-order valence-electron chi connectivity index (χ3n) is 2.79. The number of benzene rings is 1. The topological polar surface area (TPSA) is 21.3 Å². The van der Waals surface area contributed by atoms with Crippen molar-refractivity contribution in [1.82, 2.24) is 5.32 Å². The normalized spacial score (nSPS) is 12.7. The summed E-state index contributed by atoms with van der Waals surface area (Å²) in [6.45, 7) is 0.698. The van der Waals surface area contributed by atoms with Crippen LogP contribution in [0.25, 0.3) is 0 Å². The van der Waals surface area contributed by atoms with Crippen LogP contribution in [0.2, 0.25) is 0 Å². The van der Waals surface area contributed by atoms with Gasteiger partial charge in [0.2, 0.25) is 0 Å². The van der Waals surface area contributed by atoms with Crippen molar-refractivity contribution in [2.45, 2.75) is 25.3 Å². The van der Waals surface area contributed by atoms with Crippen LogP contribution in [0.1, 0.15) is 18.4 Å². The second-order valence-corrected chi connectivity index (χ2v) is 4.06. The number of nitrogens with one attached hydrogen (secondary N) is 1. The Labute approximate surface area is 101 Å². The number of hydrogen-bond donors (Lipinski definition) is 1. The Morgan fingerprint density at radius 2 is 2.12 bits per heavy atom. The van der Waals surface area contributed by atoms with Gasteiger partial charge in [0.15, 0.2) is 0 Å². The Balaban J connectivity index is 2.54. The first-order chi connectivity index (χ1) is 8.17. The van der Waals surface area contributed by atoms with Crippen molar-refractivity contribution in [3.8, 4) is 0 Å². The summed E-state index contributed by atoms with van der Waals surface area (Å²) in [5.41, 5.74) is 0.545. The molecular formula is C13H19F2NO. The molecule has 0 aliphatic rings. The highest BCUT2D eigenvalue weighted by Crippen LogP contribution is 2.13. The Morgan fingerprint density at radius 1 is 1.35 bits per heavy atom. The molecule has 0 spiro atoms. The van der Waals surface area contributed by atoms with Crippen LogP contribution in [0.3, 0.4) is 0 Å². The molecular weight excluding hydrogens is 224 g/mol. The first kappa shape index (κ1) is 14.1. The first-order valence-corrected chi connectivity index (χ1v) is 5.77. The molecule has 1 N–H and O–H groups in total. The lowest BCUT2D eigenvalue weighted by Gasteiger charge is -2.16. The molecule has 0 radical (unpaired) electrons. The summed E-state index contributed by atoms with van der Waals surface area (Å²) in [5.74, 6) is -1.01. The molecule has 1 unspecified atom stereocenters. The van der Waals surface area contributed by atoms with Crippen molar-refractivity contribution in [3.63, 3.8) is 0 Å². The van der Waals surface area contributed by atoms with Gasteiger partial charge >= 0.3 is 0 Å². The molecule has 96 valence electrons. The van der Waals surface area contributed by atoms with E-state index in [0.717, 1.165) is 18.9 Å². The molecule has 0 amide bonds. The summed E-state index contributed by atoms with van der Waals surface area (Å²) in [4.78, 5) is 0. The lowest BCUT2D eigenvalue weighted by Crippen LogP contribution is -2.28. The monoisotopic (exact) mass is 243 g/mol. The minimum atomic E-state index is -0.536. The van der Waals surface area contributed by atoms with Gasteiger partial charge in [-0.3, -0.25) is 0 Å². The maximum Gasteiger partial charge on any atom is 0.129 e. The van der Waals surface area contributed by atoms with Gasteiger partial charge in [-0.05, 0) is 37.9 Å². The second kappa shape index (κ2) is 7.35. The van der Waals surface area contributed by atoms with E-state index in [1.807, 2.05) is 7.05 Å². The molecule has 1 aromatic carbocycles. The molecule has 0 aliphatic heterocycles. The van der Waals surface area contributed by atoms with Crippen LogP contribution < -0.4 is 5.32 Å². The van der Waals surface area contributed by atoms with Gasteiger partial charge in [-0.1, -0.05) is 6.07 Å². The van der Waals surface area contributed by atoms with Crippen molar-refractivity contribution in [2.24, 2.45) is 0 Å². The standard InChI is InChI=1S/C13H19F2NO/c1-16-12(4-3-7-17-2)8-10-5-6-11(14)9-13(10)15/h5-6,9,12,16H,3-4,7-8H2,1-2H3. The maximum atomic E-state index is 13.4. The number of halogens is 2. The van der Waals surface area contributed by atoms with Crippen molar-refractivity contribution < 1.29 is 13.5 Å². The summed E-state index contributed by atoms with van der Waals surface area (Å²) in [6.07, 6.45) is 2.39. The Bertz CT molecular complexity index is 344. The Kier molecular flexibility index (Phi) is 6.08. The van der Waals surface area contributed by atoms with Crippen LogP contribution in [-0.2, 0) is 11.2 Å². The maximum absolute atomic E-state index is 13.4. The second-order valence-electron chi connectivity index (χ2n) is 4.06. The minimum Gasteiger partial charge on any atom is -0.385 e. The fourth-order valence-electron chi connectivity index (χ4n) is 1.78. The van der Waals surface area contributed by atoms with Crippen LogP contribution in [0.15, 0.2) is 18.2 Å². The van der Waals surface area contributed by atoms with Crippen molar-refractivity contribution in [3.05, 3.63) is 35.4 Å². The predicted octanol–water partition coefficient (Wildman–Crippen LogP) is 2.52. The molecule has 1 atom stereocenters. The summed E-state index contributed by atoms with van der Waals surface area (Å²) in [5, 5.41) is 3.14. The molecule has 0 fully saturated rings. The van der Waals surface area contributed by atoms with Crippen LogP contribution in [0.5, 0.6) is 0 Å². The lowest BCUT2D eigenvalue weighted by molar-refractivity contribution is 0.189. The third-order valence-corrected chi connectivity index (χ3v) is 2.79. The van der Waals surface area contributed by atoms with Gasteiger partial charge in [0.05, 0.1) is 0 Å². The van der Waals surface area contributed by atoms with E-state index in [-0.39, 0.29) is 6.04 Å². The zero-order valence-corrected chi connectivity index (χ0v) is 10.3. The van der Waals surface area contributed by atoms with E-state index in [2.05, 4.69) is 5.32 Å². The zero-order valence-electron chi connectivity index (χ0n) is 10.3. The number of likely N-dealkylation sites (N-methyl/N-ethyl adjacent to an activating group) is 1. The van der Waals surface area contributed by atoms with Crippen LogP contribution in [0.4, 0.5) is 8.78 Å². The highest BCUT2D eigenvalue weighted by molar-refractivity contribution is 5.19. The Morgan fingerprint density at radius 3 is 2.71 bits per heavy atom. The van der Waals surface area contributed by atoms with Gasteiger partial charge in [-0.2, -0.15) is 0 Å². The molecule has 0 saturated carbocycles. The van der Waals surface area contributed by atoms with E-state index in [4.69, 9.17) is 4.74 Å². The van der Waals surface area contributed by atoms with Crippen LogP contribution in [0, 0.1) is 11.6 Å². The summed E-state index contributed by atoms with van der Waals surface area (Å²) in [6, 6.07) is 3.91. The highest BCUT2D eigenvalue weighted by Gasteiger charge is 2.11. The molecule has 1 aromatic rings. The Hall–Kier alpha value is -1.00. The molecule has 2 nitrogen and oxygen atoms in total. The summed E-state index contributed by atoms with van der Waals surface area (Å²) < 4.78 is 31.2. The quantitative estimate of drug-likeness (QED) is 0.743. The summed E-state index contributed by atoms with van der Waals surface area (Å²) >= 11 is 0. The van der Waals surface area contributed by atoms with Crippen molar-refractivity contribution in [2.75, 3.05) is 20.8 Å². The van der Waals surface area contributed by atoms with E-state index >= 15 is 0 Å². The number of ether oxygens (including phenoxy) is 1. The molecule has 0 aliphatic carbocycles. The average Bonchev–Trinajstić information content (AvgIpc) is 2.31.